The number of aliphatic imine (C=N–C) groups is 1. The van der Waals surface area contributed by atoms with Crippen LogP contribution in [-0.4, -0.2) is 30.6 Å². The van der Waals surface area contributed by atoms with Crippen LogP contribution in [0.2, 0.25) is 0 Å². The molecule has 26 heavy (non-hydrogen) atoms. The molecule has 0 saturated heterocycles. The summed E-state index contributed by atoms with van der Waals surface area (Å²) in [5.74, 6) is 1.38. The van der Waals surface area contributed by atoms with E-state index in [1.807, 2.05) is 37.3 Å². The second kappa shape index (κ2) is 9.76. The first-order valence-corrected chi connectivity index (χ1v) is 8.88. The van der Waals surface area contributed by atoms with Crippen LogP contribution >= 0.6 is 15.9 Å². The molecule has 0 spiro atoms. The Morgan fingerprint density at radius 1 is 1.27 bits per heavy atom. The Labute approximate surface area is 160 Å². The molecule has 8 heteroatoms. The third-order valence-corrected chi connectivity index (χ3v) is 4.18. The van der Waals surface area contributed by atoms with E-state index in [1.54, 1.807) is 19.2 Å². The minimum atomic E-state index is -0.405. The molecule has 0 aliphatic heterocycles. The number of ether oxygens (including phenoxy) is 1. The number of para-hydroxylation sites is 1. The third kappa shape index (κ3) is 6.03. The number of hydrogen-bond donors (Lipinski definition) is 2. The van der Waals surface area contributed by atoms with E-state index < -0.39 is 4.92 Å². The largest absolute Gasteiger partial charge is 0.488 e. The molecule has 0 aliphatic rings. The summed E-state index contributed by atoms with van der Waals surface area (Å²) in [6.07, 6.45) is -0.0786. The van der Waals surface area contributed by atoms with Gasteiger partial charge in [0.25, 0.3) is 5.69 Å². The summed E-state index contributed by atoms with van der Waals surface area (Å²) < 4.78 is 6.78. The molecule has 1 unspecified atom stereocenters. The van der Waals surface area contributed by atoms with Gasteiger partial charge in [-0.3, -0.25) is 15.1 Å². The minimum absolute atomic E-state index is 0.0720. The predicted molar refractivity (Wildman–Crippen MR) is 106 cm³/mol. The van der Waals surface area contributed by atoms with Gasteiger partial charge in [-0.15, -0.1) is 0 Å². The highest BCUT2D eigenvalue weighted by molar-refractivity contribution is 9.10. The van der Waals surface area contributed by atoms with Gasteiger partial charge in [0, 0.05) is 25.7 Å². The molecule has 0 saturated carbocycles. The zero-order chi connectivity index (χ0) is 18.9. The Balaban J connectivity index is 1.83. The molecule has 2 aromatic rings. The number of nitro groups is 1. The first-order chi connectivity index (χ1) is 12.5. The highest BCUT2D eigenvalue weighted by Gasteiger charge is 2.09. The SMILES string of the molecule is CN=C(NCc1cccc([N+](=O)[O-])c1)NCC(C)Oc1ccccc1Br. The maximum Gasteiger partial charge on any atom is 0.269 e. The molecule has 0 fully saturated rings. The molecule has 0 radical (unpaired) electrons. The predicted octanol–water partition coefficient (Wildman–Crippen LogP) is 3.49. The Kier molecular flexibility index (Phi) is 7.40. The fraction of sp³-hybridized carbons (Fsp3) is 0.278. The van der Waals surface area contributed by atoms with E-state index in [2.05, 4.69) is 31.6 Å². The van der Waals surface area contributed by atoms with Gasteiger partial charge >= 0.3 is 0 Å². The van der Waals surface area contributed by atoms with Gasteiger partial charge in [0.1, 0.15) is 11.9 Å². The topological polar surface area (TPSA) is 88.8 Å². The van der Waals surface area contributed by atoms with Crippen molar-refractivity contribution in [2.24, 2.45) is 4.99 Å². The van der Waals surface area contributed by atoms with Crippen LogP contribution in [0.25, 0.3) is 0 Å². The fourth-order valence-corrected chi connectivity index (χ4v) is 2.60. The van der Waals surface area contributed by atoms with E-state index in [1.165, 1.54) is 6.07 Å². The van der Waals surface area contributed by atoms with E-state index in [0.29, 0.717) is 19.0 Å². The van der Waals surface area contributed by atoms with E-state index >= 15 is 0 Å². The fourth-order valence-electron chi connectivity index (χ4n) is 2.23. The zero-order valence-corrected chi connectivity index (χ0v) is 16.2. The summed E-state index contributed by atoms with van der Waals surface area (Å²) in [5, 5.41) is 17.1. The van der Waals surface area contributed by atoms with E-state index in [4.69, 9.17) is 4.74 Å². The van der Waals surface area contributed by atoms with Crippen LogP contribution in [0.4, 0.5) is 5.69 Å². The Morgan fingerprint density at radius 2 is 2.04 bits per heavy atom. The molecule has 0 heterocycles. The molecular formula is C18H21BrN4O3. The van der Waals surface area contributed by atoms with Gasteiger partial charge in [-0.1, -0.05) is 24.3 Å². The number of benzene rings is 2. The van der Waals surface area contributed by atoms with Crippen molar-refractivity contribution in [3.8, 4) is 5.75 Å². The molecule has 2 N–H and O–H groups in total. The van der Waals surface area contributed by atoms with E-state index in [0.717, 1.165) is 15.8 Å². The van der Waals surface area contributed by atoms with Crippen LogP contribution in [0.15, 0.2) is 58.0 Å². The summed E-state index contributed by atoms with van der Waals surface area (Å²) in [7, 11) is 1.67. The number of non-ortho nitro benzene ring substituents is 1. The van der Waals surface area contributed by atoms with Crippen LogP contribution in [0, 0.1) is 10.1 Å². The van der Waals surface area contributed by atoms with Crippen LogP contribution in [0.5, 0.6) is 5.75 Å². The number of nitro benzene ring substituents is 1. The number of halogens is 1. The number of nitrogens with one attached hydrogen (secondary N) is 2. The lowest BCUT2D eigenvalue weighted by atomic mass is 10.2. The monoisotopic (exact) mass is 420 g/mol. The Bertz CT molecular complexity index is 783. The Morgan fingerprint density at radius 3 is 2.73 bits per heavy atom. The quantitative estimate of drug-likeness (QED) is 0.309. The van der Waals surface area contributed by atoms with Crippen molar-refractivity contribution in [3.63, 3.8) is 0 Å². The van der Waals surface area contributed by atoms with Crippen LogP contribution in [0.1, 0.15) is 12.5 Å². The second-order valence-electron chi connectivity index (χ2n) is 5.59. The second-order valence-corrected chi connectivity index (χ2v) is 6.45. The smallest absolute Gasteiger partial charge is 0.269 e. The van der Waals surface area contributed by atoms with Gasteiger partial charge < -0.3 is 15.4 Å². The summed E-state index contributed by atoms with van der Waals surface area (Å²) in [4.78, 5) is 14.6. The molecule has 0 aromatic heterocycles. The lowest BCUT2D eigenvalue weighted by Gasteiger charge is -2.18. The molecule has 138 valence electrons. The lowest BCUT2D eigenvalue weighted by molar-refractivity contribution is -0.384. The maximum absolute atomic E-state index is 10.8. The van der Waals surface area contributed by atoms with Crippen molar-refractivity contribution in [2.75, 3.05) is 13.6 Å². The summed E-state index contributed by atoms with van der Waals surface area (Å²) in [5.41, 5.74) is 0.877. The van der Waals surface area contributed by atoms with Crippen molar-refractivity contribution < 1.29 is 9.66 Å². The van der Waals surface area contributed by atoms with Crippen molar-refractivity contribution >= 4 is 27.6 Å². The van der Waals surface area contributed by atoms with Gasteiger partial charge in [-0.25, -0.2) is 0 Å². The standard InChI is InChI=1S/C18H21BrN4O3/c1-13(26-17-9-4-3-8-16(17)19)11-21-18(20-2)22-12-14-6-5-7-15(10-14)23(24)25/h3-10,13H,11-12H2,1-2H3,(H2,20,21,22). The average Bonchev–Trinajstić information content (AvgIpc) is 2.64. The van der Waals surface area contributed by atoms with Gasteiger partial charge in [0.05, 0.1) is 15.9 Å². The van der Waals surface area contributed by atoms with Crippen LogP contribution in [-0.2, 0) is 6.54 Å². The summed E-state index contributed by atoms with van der Waals surface area (Å²) in [6, 6.07) is 14.2. The molecule has 1 atom stereocenters. The minimum Gasteiger partial charge on any atom is -0.488 e. The number of rotatable bonds is 7. The summed E-state index contributed by atoms with van der Waals surface area (Å²) in [6.45, 7) is 2.94. The van der Waals surface area contributed by atoms with Crippen molar-refractivity contribution in [3.05, 3.63) is 68.7 Å². The molecule has 2 rings (SSSR count). The van der Waals surface area contributed by atoms with Gasteiger partial charge in [0.2, 0.25) is 0 Å². The number of nitrogens with zero attached hydrogens (tertiary/aromatic N) is 2. The van der Waals surface area contributed by atoms with Gasteiger partial charge in [-0.2, -0.15) is 0 Å². The highest BCUT2D eigenvalue weighted by Crippen LogP contribution is 2.24. The average molecular weight is 421 g/mol. The van der Waals surface area contributed by atoms with Gasteiger partial charge in [0.15, 0.2) is 5.96 Å². The zero-order valence-electron chi connectivity index (χ0n) is 14.6. The molecule has 0 aliphatic carbocycles. The van der Waals surface area contributed by atoms with Crippen molar-refractivity contribution in [1.82, 2.24) is 10.6 Å². The highest BCUT2D eigenvalue weighted by atomic mass is 79.9. The maximum atomic E-state index is 10.8. The molecule has 0 bridgehead atoms. The van der Waals surface area contributed by atoms with Crippen LogP contribution in [0.3, 0.4) is 0 Å². The van der Waals surface area contributed by atoms with Crippen molar-refractivity contribution in [1.29, 1.82) is 0 Å². The Hall–Kier alpha value is -2.61. The van der Waals surface area contributed by atoms with E-state index in [9.17, 15) is 10.1 Å². The van der Waals surface area contributed by atoms with Gasteiger partial charge in [-0.05, 0) is 40.5 Å². The van der Waals surface area contributed by atoms with Crippen LogP contribution < -0.4 is 15.4 Å². The first kappa shape index (κ1) is 19.7. The summed E-state index contributed by atoms with van der Waals surface area (Å²) >= 11 is 3.46. The first-order valence-electron chi connectivity index (χ1n) is 8.08. The number of hydrogen-bond acceptors (Lipinski definition) is 4. The lowest BCUT2D eigenvalue weighted by Crippen LogP contribution is -2.41. The van der Waals surface area contributed by atoms with E-state index in [-0.39, 0.29) is 11.8 Å². The third-order valence-electron chi connectivity index (χ3n) is 3.53. The normalized spacial score (nSPS) is 12.3. The van der Waals surface area contributed by atoms with Crippen molar-refractivity contribution in [2.45, 2.75) is 19.6 Å². The molecule has 2 aromatic carbocycles. The molecular weight excluding hydrogens is 400 g/mol. The molecule has 0 amide bonds. The molecule has 7 nitrogen and oxygen atoms in total. The number of guanidine groups is 1.